The number of imide groups is 1. The van der Waals surface area contributed by atoms with Crippen LogP contribution in [0.2, 0.25) is 10.0 Å². The first-order valence-electron chi connectivity index (χ1n) is 11.1. The fraction of sp³-hybridized carbons (Fsp3) is 0.308. The Hall–Kier alpha value is -2.96. The summed E-state index contributed by atoms with van der Waals surface area (Å²) in [6, 6.07) is 10.1. The van der Waals surface area contributed by atoms with E-state index < -0.39 is 41.4 Å². The predicted molar refractivity (Wildman–Crippen MR) is 129 cm³/mol. The van der Waals surface area contributed by atoms with Crippen LogP contribution in [0.3, 0.4) is 0 Å². The largest absolute Gasteiger partial charge is 0.292 e. The van der Waals surface area contributed by atoms with Crippen molar-refractivity contribution in [2.75, 3.05) is 0 Å². The Labute approximate surface area is 208 Å². The molecule has 2 aromatic rings. The molecule has 2 aromatic carbocycles. The molecule has 0 unspecified atom stereocenters. The van der Waals surface area contributed by atoms with Gasteiger partial charge in [0.25, 0.3) is 17.7 Å². The summed E-state index contributed by atoms with van der Waals surface area (Å²) >= 11 is 12.1. The van der Waals surface area contributed by atoms with E-state index in [1.54, 1.807) is 24.3 Å². The summed E-state index contributed by atoms with van der Waals surface area (Å²) in [5, 5.41) is 2.26. The molecule has 0 N–H and O–H groups in total. The number of hydrogen-bond donors (Lipinski definition) is 0. The SMILES string of the molecule is Cc1ccc(C(=O)[C@H](C)N(C(=O)c2ccc(Cl)c(Cl)c2)N2C(=O)[C@H]3[C@H](C)C=CC[C@H]3C2=O)cc1. The number of benzene rings is 2. The monoisotopic (exact) mass is 498 g/mol. The summed E-state index contributed by atoms with van der Waals surface area (Å²) in [6.07, 6.45) is 4.19. The number of hydrogen-bond acceptors (Lipinski definition) is 4. The Morgan fingerprint density at radius 2 is 1.65 bits per heavy atom. The van der Waals surface area contributed by atoms with E-state index in [0.717, 1.165) is 15.6 Å². The molecule has 0 aromatic heterocycles. The molecule has 1 heterocycles. The van der Waals surface area contributed by atoms with Crippen molar-refractivity contribution in [2.24, 2.45) is 17.8 Å². The molecule has 1 saturated heterocycles. The van der Waals surface area contributed by atoms with Crippen LogP contribution in [-0.2, 0) is 9.59 Å². The van der Waals surface area contributed by atoms with Crippen molar-refractivity contribution in [3.8, 4) is 0 Å². The summed E-state index contributed by atoms with van der Waals surface area (Å²) in [7, 11) is 0. The van der Waals surface area contributed by atoms with Gasteiger partial charge in [0, 0.05) is 11.1 Å². The van der Waals surface area contributed by atoms with E-state index in [0.29, 0.717) is 12.0 Å². The minimum atomic E-state index is -1.12. The van der Waals surface area contributed by atoms with E-state index in [-0.39, 0.29) is 21.5 Å². The van der Waals surface area contributed by atoms with Crippen LogP contribution in [0.5, 0.6) is 0 Å². The van der Waals surface area contributed by atoms with Crippen molar-refractivity contribution in [3.05, 3.63) is 81.4 Å². The third-order valence-electron chi connectivity index (χ3n) is 6.52. The zero-order chi connectivity index (χ0) is 24.7. The van der Waals surface area contributed by atoms with Gasteiger partial charge < -0.3 is 0 Å². The van der Waals surface area contributed by atoms with Crippen molar-refractivity contribution in [2.45, 2.75) is 33.2 Å². The molecular formula is C26H24Cl2N2O4. The minimum absolute atomic E-state index is 0.111. The minimum Gasteiger partial charge on any atom is -0.292 e. The summed E-state index contributed by atoms with van der Waals surface area (Å²) in [5.41, 5.74) is 1.46. The molecule has 0 saturated carbocycles. The maximum absolute atomic E-state index is 13.7. The van der Waals surface area contributed by atoms with Gasteiger partial charge in [0.2, 0.25) is 0 Å². The normalized spacial score (nSPS) is 22.5. The van der Waals surface area contributed by atoms with Gasteiger partial charge in [0.05, 0.1) is 21.9 Å². The standard InChI is InChI=1S/C26H24Cl2N2O4/c1-14-7-9-17(10-8-14)23(31)16(3)29(24(32)18-11-12-20(27)21(28)13-18)30-25(33)19-6-4-5-15(2)22(19)26(30)34/h4-5,7-13,15-16,19,22H,6H2,1-3H3/t15-,16+,19-,22+/m1/s1. The number of allylic oxidation sites excluding steroid dienone is 2. The average molecular weight is 499 g/mol. The number of halogens is 2. The molecule has 0 spiro atoms. The van der Waals surface area contributed by atoms with Gasteiger partial charge >= 0.3 is 0 Å². The third kappa shape index (κ3) is 4.17. The van der Waals surface area contributed by atoms with Gasteiger partial charge in [0.15, 0.2) is 5.78 Å². The van der Waals surface area contributed by atoms with Crippen LogP contribution in [0.4, 0.5) is 0 Å². The van der Waals surface area contributed by atoms with Gasteiger partial charge in [-0.3, -0.25) is 19.2 Å². The summed E-state index contributed by atoms with van der Waals surface area (Å²) in [4.78, 5) is 54.0. The highest BCUT2D eigenvalue weighted by Crippen LogP contribution is 2.40. The summed E-state index contributed by atoms with van der Waals surface area (Å²) < 4.78 is 0. The zero-order valence-electron chi connectivity index (χ0n) is 19.0. The highest BCUT2D eigenvalue weighted by Gasteiger charge is 2.54. The predicted octanol–water partition coefficient (Wildman–Crippen LogP) is 5.13. The lowest BCUT2D eigenvalue weighted by atomic mass is 9.78. The highest BCUT2D eigenvalue weighted by atomic mass is 35.5. The van der Waals surface area contributed by atoms with E-state index in [2.05, 4.69) is 0 Å². The number of fused-ring (bicyclic) bond motifs is 1. The van der Waals surface area contributed by atoms with Crippen molar-refractivity contribution in [1.29, 1.82) is 0 Å². The van der Waals surface area contributed by atoms with Gasteiger partial charge in [-0.1, -0.05) is 72.1 Å². The zero-order valence-corrected chi connectivity index (χ0v) is 20.5. The summed E-state index contributed by atoms with van der Waals surface area (Å²) in [5.74, 6) is -3.36. The fourth-order valence-corrected chi connectivity index (χ4v) is 4.91. The summed E-state index contributed by atoms with van der Waals surface area (Å²) in [6.45, 7) is 5.28. The number of nitrogens with zero attached hydrogens (tertiary/aromatic N) is 2. The molecule has 1 fully saturated rings. The van der Waals surface area contributed by atoms with Crippen molar-refractivity contribution >= 4 is 46.7 Å². The second-order valence-electron chi connectivity index (χ2n) is 8.83. The first-order valence-corrected chi connectivity index (χ1v) is 11.8. The Kier molecular flexibility index (Phi) is 6.65. The Morgan fingerprint density at radius 1 is 1.00 bits per heavy atom. The van der Waals surface area contributed by atoms with E-state index in [4.69, 9.17) is 23.2 Å². The lowest BCUT2D eigenvalue weighted by Crippen LogP contribution is -2.56. The molecule has 4 rings (SSSR count). The van der Waals surface area contributed by atoms with Crippen molar-refractivity contribution < 1.29 is 19.2 Å². The van der Waals surface area contributed by atoms with Crippen LogP contribution in [0.25, 0.3) is 0 Å². The molecule has 0 radical (unpaired) electrons. The molecule has 4 atom stereocenters. The van der Waals surface area contributed by atoms with Crippen LogP contribution in [-0.4, -0.2) is 39.6 Å². The number of ketones is 1. The lowest BCUT2D eigenvalue weighted by Gasteiger charge is -2.35. The number of carbonyl (C=O) groups excluding carboxylic acids is 4. The number of aryl methyl sites for hydroxylation is 1. The average Bonchev–Trinajstić information content (AvgIpc) is 3.07. The first kappa shape index (κ1) is 24.2. The fourth-order valence-electron chi connectivity index (χ4n) is 4.61. The molecule has 176 valence electrons. The van der Waals surface area contributed by atoms with Crippen molar-refractivity contribution in [3.63, 3.8) is 0 Å². The molecule has 0 bridgehead atoms. The second kappa shape index (κ2) is 9.35. The molecular weight excluding hydrogens is 475 g/mol. The van der Waals surface area contributed by atoms with Gasteiger partial charge in [-0.25, -0.2) is 5.01 Å². The van der Waals surface area contributed by atoms with Crippen molar-refractivity contribution in [1.82, 2.24) is 10.0 Å². The number of hydrazine groups is 1. The second-order valence-corrected chi connectivity index (χ2v) is 9.64. The molecule has 2 aliphatic rings. The van der Waals surface area contributed by atoms with E-state index in [1.807, 2.05) is 26.0 Å². The van der Waals surface area contributed by atoms with E-state index in [1.165, 1.54) is 25.1 Å². The number of rotatable bonds is 5. The Bertz CT molecular complexity index is 1210. The number of amides is 3. The van der Waals surface area contributed by atoms with Crippen LogP contribution >= 0.6 is 23.2 Å². The molecule has 3 amide bonds. The molecule has 6 nitrogen and oxygen atoms in total. The molecule has 1 aliphatic carbocycles. The van der Waals surface area contributed by atoms with Crippen LogP contribution in [0.1, 0.15) is 46.5 Å². The van der Waals surface area contributed by atoms with E-state index in [9.17, 15) is 19.2 Å². The Balaban J connectivity index is 1.78. The van der Waals surface area contributed by atoms with Gasteiger partial charge in [-0.05, 0) is 44.4 Å². The van der Waals surface area contributed by atoms with Gasteiger partial charge in [-0.2, -0.15) is 5.01 Å². The smallest absolute Gasteiger partial charge is 0.273 e. The van der Waals surface area contributed by atoms with Crippen LogP contribution in [0, 0.1) is 24.7 Å². The molecule has 1 aliphatic heterocycles. The highest BCUT2D eigenvalue weighted by molar-refractivity contribution is 6.42. The first-order chi connectivity index (χ1) is 16.1. The third-order valence-corrected chi connectivity index (χ3v) is 7.26. The van der Waals surface area contributed by atoms with Gasteiger partial charge in [-0.15, -0.1) is 0 Å². The lowest BCUT2D eigenvalue weighted by molar-refractivity contribution is -0.156. The topological polar surface area (TPSA) is 74.8 Å². The van der Waals surface area contributed by atoms with Gasteiger partial charge in [0.1, 0.15) is 6.04 Å². The molecule has 34 heavy (non-hydrogen) atoms. The maximum Gasteiger partial charge on any atom is 0.273 e. The van der Waals surface area contributed by atoms with E-state index >= 15 is 0 Å². The molecule has 8 heteroatoms. The number of carbonyl (C=O) groups is 4. The van der Waals surface area contributed by atoms with Crippen LogP contribution in [0.15, 0.2) is 54.6 Å². The Morgan fingerprint density at radius 3 is 2.26 bits per heavy atom. The number of Topliss-reactive ketones (excluding diaryl/α,β-unsaturated/α-hetero) is 1. The maximum atomic E-state index is 13.7. The quantitative estimate of drug-likeness (QED) is 0.325. The van der Waals surface area contributed by atoms with Crippen LogP contribution < -0.4 is 0 Å².